The van der Waals surface area contributed by atoms with Crippen molar-refractivity contribution >= 4 is 23.5 Å². The average Bonchev–Trinajstić information content (AvgIpc) is 3.11. The van der Waals surface area contributed by atoms with Crippen molar-refractivity contribution in [3.8, 4) is 0 Å². The maximum atomic E-state index is 12.2. The highest BCUT2D eigenvalue weighted by atomic mass is 35.5. The van der Waals surface area contributed by atoms with E-state index in [0.717, 1.165) is 12.8 Å². The zero-order valence-corrected chi connectivity index (χ0v) is 10.6. The zero-order valence-electron chi connectivity index (χ0n) is 9.80. The van der Waals surface area contributed by atoms with Crippen LogP contribution in [0.4, 0.5) is 0 Å². The van der Waals surface area contributed by atoms with Gasteiger partial charge in [0, 0.05) is 6.54 Å². The third-order valence-corrected chi connectivity index (χ3v) is 3.22. The Morgan fingerprint density at radius 1 is 1.33 bits per heavy atom. The number of carbonyl (C=O) groups is 2. The summed E-state index contributed by atoms with van der Waals surface area (Å²) in [4.78, 5) is 24.4. The normalized spacial score (nSPS) is 14.3. The molecule has 0 bridgehead atoms. The number of amides is 1. The van der Waals surface area contributed by atoms with Crippen LogP contribution < -0.4 is 0 Å². The first-order chi connectivity index (χ1) is 8.58. The molecule has 1 saturated carbocycles. The average molecular weight is 268 g/mol. The number of carboxylic acid groups (broad SMARTS) is 1. The molecular formula is C13H14ClNO3. The number of rotatable bonds is 5. The van der Waals surface area contributed by atoms with Gasteiger partial charge in [0.1, 0.15) is 6.54 Å². The molecular weight excluding hydrogens is 254 g/mol. The van der Waals surface area contributed by atoms with Crippen molar-refractivity contribution in [2.45, 2.75) is 12.8 Å². The molecule has 1 aromatic carbocycles. The van der Waals surface area contributed by atoms with Crippen molar-refractivity contribution in [1.29, 1.82) is 0 Å². The molecule has 0 heterocycles. The summed E-state index contributed by atoms with van der Waals surface area (Å²) in [6.07, 6.45) is 2.12. The molecule has 1 N–H and O–H groups in total. The lowest BCUT2D eigenvalue weighted by atomic mass is 10.2. The number of carbonyl (C=O) groups excluding carboxylic acids is 1. The van der Waals surface area contributed by atoms with E-state index in [1.54, 1.807) is 24.3 Å². The number of halogens is 1. The highest BCUT2D eigenvalue weighted by molar-refractivity contribution is 6.33. The van der Waals surface area contributed by atoms with E-state index in [4.69, 9.17) is 16.7 Å². The minimum atomic E-state index is -1.00. The van der Waals surface area contributed by atoms with Crippen LogP contribution in [-0.4, -0.2) is 35.0 Å². The fraction of sp³-hybridized carbons (Fsp3) is 0.385. The SMILES string of the molecule is O=C(O)CN(CC1CC1)C(=O)c1ccccc1Cl. The van der Waals surface area contributed by atoms with E-state index in [1.165, 1.54) is 4.90 Å². The molecule has 0 spiro atoms. The van der Waals surface area contributed by atoms with E-state index in [2.05, 4.69) is 0 Å². The Kier molecular flexibility index (Phi) is 3.87. The molecule has 0 aliphatic heterocycles. The van der Waals surface area contributed by atoms with E-state index in [9.17, 15) is 9.59 Å². The summed E-state index contributed by atoms with van der Waals surface area (Å²) in [6.45, 7) is 0.219. The predicted octanol–water partition coefficient (Wildman–Crippen LogP) is 2.28. The Balaban J connectivity index is 2.15. The smallest absolute Gasteiger partial charge is 0.323 e. The lowest BCUT2D eigenvalue weighted by Gasteiger charge is -2.21. The highest BCUT2D eigenvalue weighted by Crippen LogP contribution is 2.30. The van der Waals surface area contributed by atoms with Gasteiger partial charge in [0.25, 0.3) is 5.91 Å². The van der Waals surface area contributed by atoms with Crippen LogP contribution in [0, 0.1) is 5.92 Å². The van der Waals surface area contributed by atoms with Crippen molar-refractivity contribution in [3.63, 3.8) is 0 Å². The summed E-state index contributed by atoms with van der Waals surface area (Å²) in [5.41, 5.74) is 0.362. The van der Waals surface area contributed by atoms with Gasteiger partial charge in [-0.05, 0) is 30.9 Å². The van der Waals surface area contributed by atoms with Crippen LogP contribution in [0.5, 0.6) is 0 Å². The molecule has 1 aliphatic carbocycles. The second-order valence-corrected chi connectivity index (χ2v) is 4.91. The van der Waals surface area contributed by atoms with E-state index in [-0.39, 0.29) is 12.5 Å². The molecule has 18 heavy (non-hydrogen) atoms. The van der Waals surface area contributed by atoms with Gasteiger partial charge in [0.15, 0.2) is 0 Å². The van der Waals surface area contributed by atoms with Crippen LogP contribution in [0.1, 0.15) is 23.2 Å². The van der Waals surface area contributed by atoms with Crippen LogP contribution in [-0.2, 0) is 4.79 Å². The summed E-state index contributed by atoms with van der Waals surface area (Å²) < 4.78 is 0. The first-order valence-electron chi connectivity index (χ1n) is 5.83. The Hall–Kier alpha value is -1.55. The molecule has 0 radical (unpaired) electrons. The monoisotopic (exact) mass is 267 g/mol. The van der Waals surface area contributed by atoms with Crippen molar-refractivity contribution in [2.75, 3.05) is 13.1 Å². The van der Waals surface area contributed by atoms with Gasteiger partial charge in [-0.25, -0.2) is 0 Å². The van der Waals surface area contributed by atoms with E-state index in [0.29, 0.717) is 23.0 Å². The molecule has 0 aromatic heterocycles. The predicted molar refractivity (Wildman–Crippen MR) is 67.7 cm³/mol. The van der Waals surface area contributed by atoms with Crippen LogP contribution in [0.15, 0.2) is 24.3 Å². The summed E-state index contributed by atoms with van der Waals surface area (Å²) in [7, 11) is 0. The lowest BCUT2D eigenvalue weighted by molar-refractivity contribution is -0.137. The Labute approximate surface area is 110 Å². The topological polar surface area (TPSA) is 57.6 Å². The second-order valence-electron chi connectivity index (χ2n) is 4.50. The van der Waals surface area contributed by atoms with Crippen molar-refractivity contribution in [2.24, 2.45) is 5.92 Å². The summed E-state index contributed by atoms with van der Waals surface area (Å²) >= 11 is 5.96. The van der Waals surface area contributed by atoms with Gasteiger partial charge in [0.2, 0.25) is 0 Å². The number of aliphatic carboxylic acids is 1. The molecule has 5 heteroatoms. The van der Waals surface area contributed by atoms with E-state index >= 15 is 0 Å². The quantitative estimate of drug-likeness (QED) is 0.890. The molecule has 96 valence electrons. The maximum Gasteiger partial charge on any atom is 0.323 e. The van der Waals surface area contributed by atoms with Gasteiger partial charge in [-0.1, -0.05) is 23.7 Å². The Morgan fingerprint density at radius 3 is 2.56 bits per heavy atom. The minimum absolute atomic E-state index is 0.277. The van der Waals surface area contributed by atoms with Crippen LogP contribution >= 0.6 is 11.6 Å². The second kappa shape index (κ2) is 5.40. The number of carboxylic acids is 1. The molecule has 0 atom stereocenters. The van der Waals surface area contributed by atoms with Crippen molar-refractivity contribution in [3.05, 3.63) is 34.9 Å². The largest absolute Gasteiger partial charge is 0.480 e. The Morgan fingerprint density at radius 2 is 2.00 bits per heavy atom. The van der Waals surface area contributed by atoms with Gasteiger partial charge in [-0.2, -0.15) is 0 Å². The minimum Gasteiger partial charge on any atom is -0.480 e. The molecule has 2 rings (SSSR count). The number of hydrogen-bond donors (Lipinski definition) is 1. The first kappa shape index (κ1) is 12.9. The number of nitrogens with zero attached hydrogens (tertiary/aromatic N) is 1. The number of benzene rings is 1. The summed E-state index contributed by atoms with van der Waals surface area (Å²) in [5.74, 6) is -0.873. The van der Waals surface area contributed by atoms with Gasteiger partial charge in [0.05, 0.1) is 10.6 Å². The molecule has 0 unspecified atom stereocenters. The molecule has 1 fully saturated rings. The van der Waals surface area contributed by atoms with E-state index in [1.807, 2.05) is 0 Å². The standard InChI is InChI=1S/C13H14ClNO3/c14-11-4-2-1-3-10(11)13(18)15(8-12(16)17)7-9-5-6-9/h1-4,9H,5-8H2,(H,16,17). The molecule has 1 aromatic rings. The van der Waals surface area contributed by atoms with Crippen molar-refractivity contribution < 1.29 is 14.7 Å². The summed E-state index contributed by atoms with van der Waals surface area (Å²) in [6, 6.07) is 6.70. The highest BCUT2D eigenvalue weighted by Gasteiger charge is 2.29. The van der Waals surface area contributed by atoms with Crippen LogP contribution in [0.2, 0.25) is 5.02 Å². The molecule has 0 saturated heterocycles. The first-order valence-corrected chi connectivity index (χ1v) is 6.21. The molecule has 1 aliphatic rings. The Bertz CT molecular complexity index is 471. The fourth-order valence-electron chi connectivity index (χ4n) is 1.80. The fourth-order valence-corrected chi connectivity index (χ4v) is 2.02. The van der Waals surface area contributed by atoms with Gasteiger partial charge in [-0.3, -0.25) is 9.59 Å². The maximum absolute atomic E-state index is 12.2. The molecule has 1 amide bonds. The zero-order chi connectivity index (χ0) is 13.1. The van der Waals surface area contributed by atoms with Crippen LogP contribution in [0.3, 0.4) is 0 Å². The third kappa shape index (κ3) is 3.23. The van der Waals surface area contributed by atoms with Crippen molar-refractivity contribution in [1.82, 2.24) is 4.90 Å². The molecule has 4 nitrogen and oxygen atoms in total. The number of hydrogen-bond acceptors (Lipinski definition) is 2. The van der Waals surface area contributed by atoms with Gasteiger partial charge >= 0.3 is 5.97 Å². The third-order valence-electron chi connectivity index (χ3n) is 2.89. The summed E-state index contributed by atoms with van der Waals surface area (Å²) in [5, 5.41) is 9.21. The van der Waals surface area contributed by atoms with E-state index < -0.39 is 5.97 Å². The van der Waals surface area contributed by atoms with Gasteiger partial charge < -0.3 is 10.0 Å². The van der Waals surface area contributed by atoms with Crippen LogP contribution in [0.25, 0.3) is 0 Å². The van der Waals surface area contributed by atoms with Gasteiger partial charge in [-0.15, -0.1) is 0 Å². The lowest BCUT2D eigenvalue weighted by Crippen LogP contribution is -2.37.